The van der Waals surface area contributed by atoms with Gasteiger partial charge < -0.3 is 9.16 Å². The normalized spacial score (nSPS) is 34.1. The minimum Gasteiger partial charge on any atom is -0.547 e. The maximum absolute atomic E-state index is 11.9. The summed E-state index contributed by atoms with van der Waals surface area (Å²) in [5.41, 5.74) is 0. The molecule has 0 aromatic rings. The highest BCUT2D eigenvalue weighted by Gasteiger charge is 2.60. The zero-order valence-corrected chi connectivity index (χ0v) is 15.8. The Labute approximate surface area is 131 Å². The average Bonchev–Trinajstić information content (AvgIpc) is 2.31. The van der Waals surface area contributed by atoms with Gasteiger partial charge in [-0.3, -0.25) is 4.79 Å². The van der Waals surface area contributed by atoms with E-state index < -0.39 is 12.6 Å². The average molecular weight is 361 g/mol. The number of ether oxygens (including phenoxy) is 1. The van der Waals surface area contributed by atoms with Crippen molar-refractivity contribution in [2.45, 2.75) is 62.2 Å². The van der Waals surface area contributed by atoms with Crippen LogP contribution in [-0.4, -0.2) is 31.6 Å². The molecular formula is C15H25BrO3Si. The van der Waals surface area contributed by atoms with Crippen molar-refractivity contribution >= 4 is 30.0 Å². The van der Waals surface area contributed by atoms with Gasteiger partial charge in [0.05, 0.1) is 5.76 Å². The summed E-state index contributed by atoms with van der Waals surface area (Å²) >= 11 is 3.62. The number of Topliss-reactive ketones (excluding diaryl/α,β-unsaturated/α-hetero) is 1. The van der Waals surface area contributed by atoms with E-state index in [1.54, 1.807) is 7.11 Å². The lowest BCUT2D eigenvalue weighted by atomic mass is 9.64. The molecule has 0 N–H and O–H groups in total. The van der Waals surface area contributed by atoms with Crippen molar-refractivity contribution in [2.75, 3.05) is 7.11 Å². The molecule has 2 rings (SSSR count). The van der Waals surface area contributed by atoms with Crippen molar-refractivity contribution < 1.29 is 14.0 Å². The van der Waals surface area contributed by atoms with E-state index in [9.17, 15) is 4.79 Å². The SMILES string of the molecule is CO[C@H]1C=C(O[Si](C)(C)C(C)(C)C)C[C@H]2CC(=O)[C@]21Br. The molecule has 0 unspecified atom stereocenters. The molecule has 1 fully saturated rings. The first-order valence-electron chi connectivity index (χ1n) is 7.17. The Hall–Kier alpha value is -0.133. The van der Waals surface area contributed by atoms with E-state index in [1.165, 1.54) is 0 Å². The van der Waals surface area contributed by atoms with Gasteiger partial charge in [0, 0.05) is 20.0 Å². The number of methoxy groups -OCH3 is 1. The first kappa shape index (κ1) is 16.2. The molecule has 0 amide bonds. The second-order valence-corrected chi connectivity index (χ2v) is 13.5. The van der Waals surface area contributed by atoms with Gasteiger partial charge in [0.2, 0.25) is 8.32 Å². The maximum atomic E-state index is 11.9. The molecule has 2 aliphatic carbocycles. The third-order valence-electron chi connectivity index (χ3n) is 5.10. The summed E-state index contributed by atoms with van der Waals surface area (Å²) in [6.45, 7) is 11.2. The first-order chi connectivity index (χ1) is 9.02. The second-order valence-electron chi connectivity index (χ2n) is 7.45. The van der Waals surface area contributed by atoms with E-state index in [0.717, 1.165) is 12.2 Å². The van der Waals surface area contributed by atoms with Crippen LogP contribution in [0.15, 0.2) is 11.8 Å². The van der Waals surface area contributed by atoms with Gasteiger partial charge >= 0.3 is 0 Å². The zero-order chi connectivity index (χ0) is 15.3. The molecule has 0 bridgehead atoms. The van der Waals surface area contributed by atoms with Crippen LogP contribution in [0.25, 0.3) is 0 Å². The predicted octanol–water partition coefficient (Wildman–Crippen LogP) is 4.03. The molecule has 1 saturated carbocycles. The summed E-state index contributed by atoms with van der Waals surface area (Å²) in [6, 6.07) is 0. The van der Waals surface area contributed by atoms with Gasteiger partial charge in [-0.25, -0.2) is 0 Å². The lowest BCUT2D eigenvalue weighted by molar-refractivity contribution is -0.136. The highest BCUT2D eigenvalue weighted by Crippen LogP contribution is 2.53. The number of carbonyl (C=O) groups is 1. The van der Waals surface area contributed by atoms with E-state index in [1.807, 2.05) is 6.08 Å². The number of carbonyl (C=O) groups excluding carboxylic acids is 1. The third-order valence-corrected chi connectivity index (χ3v) is 11.0. The number of rotatable bonds is 3. The number of halogens is 1. The molecular weight excluding hydrogens is 336 g/mol. The highest BCUT2D eigenvalue weighted by atomic mass is 79.9. The van der Waals surface area contributed by atoms with Gasteiger partial charge in [-0.2, -0.15) is 0 Å². The zero-order valence-electron chi connectivity index (χ0n) is 13.2. The third kappa shape index (κ3) is 2.42. The van der Waals surface area contributed by atoms with E-state index in [-0.39, 0.29) is 16.9 Å². The van der Waals surface area contributed by atoms with Crippen molar-refractivity contribution in [3.05, 3.63) is 11.8 Å². The summed E-state index contributed by atoms with van der Waals surface area (Å²) < 4.78 is 11.4. The van der Waals surface area contributed by atoms with Crippen molar-refractivity contribution in [1.82, 2.24) is 0 Å². The number of hydrogen-bond acceptors (Lipinski definition) is 3. The van der Waals surface area contributed by atoms with E-state index >= 15 is 0 Å². The molecule has 2 aliphatic rings. The number of fused-ring (bicyclic) bond motifs is 1. The van der Waals surface area contributed by atoms with Crippen LogP contribution in [0.2, 0.25) is 18.1 Å². The molecule has 0 radical (unpaired) electrons. The van der Waals surface area contributed by atoms with Crippen molar-refractivity contribution in [1.29, 1.82) is 0 Å². The number of hydrogen-bond donors (Lipinski definition) is 0. The predicted molar refractivity (Wildman–Crippen MR) is 86.6 cm³/mol. The Morgan fingerprint density at radius 2 is 1.95 bits per heavy atom. The summed E-state index contributed by atoms with van der Waals surface area (Å²) in [4.78, 5) is 11.9. The van der Waals surface area contributed by atoms with E-state index in [2.05, 4.69) is 49.8 Å². The fourth-order valence-corrected chi connectivity index (χ4v) is 4.55. The van der Waals surface area contributed by atoms with Crippen LogP contribution < -0.4 is 0 Å². The van der Waals surface area contributed by atoms with Crippen LogP contribution in [0.1, 0.15) is 33.6 Å². The van der Waals surface area contributed by atoms with Crippen LogP contribution in [0.3, 0.4) is 0 Å². The Bertz CT molecular complexity index is 453. The molecule has 0 saturated heterocycles. The van der Waals surface area contributed by atoms with Gasteiger partial charge in [0.1, 0.15) is 10.4 Å². The van der Waals surface area contributed by atoms with Crippen LogP contribution in [0, 0.1) is 5.92 Å². The van der Waals surface area contributed by atoms with Crippen LogP contribution in [-0.2, 0) is 14.0 Å². The number of alkyl halides is 1. The Morgan fingerprint density at radius 1 is 1.35 bits per heavy atom. The molecule has 3 nitrogen and oxygen atoms in total. The summed E-state index contributed by atoms with van der Waals surface area (Å²) in [7, 11) is -0.173. The van der Waals surface area contributed by atoms with Gasteiger partial charge in [0.15, 0.2) is 5.78 Å². The molecule has 0 spiro atoms. The van der Waals surface area contributed by atoms with Crippen molar-refractivity contribution in [2.24, 2.45) is 5.92 Å². The number of allylic oxidation sites excluding steroid dienone is 1. The van der Waals surface area contributed by atoms with E-state index in [4.69, 9.17) is 9.16 Å². The van der Waals surface area contributed by atoms with Crippen molar-refractivity contribution in [3.8, 4) is 0 Å². The summed E-state index contributed by atoms with van der Waals surface area (Å²) in [5.74, 6) is 1.55. The summed E-state index contributed by atoms with van der Waals surface area (Å²) in [6.07, 6.45) is 3.25. The lowest BCUT2D eigenvalue weighted by Crippen LogP contribution is -2.61. The monoisotopic (exact) mass is 360 g/mol. The fraction of sp³-hybridized carbons (Fsp3) is 0.800. The van der Waals surface area contributed by atoms with E-state index in [0.29, 0.717) is 12.3 Å². The smallest absolute Gasteiger partial charge is 0.250 e. The molecule has 20 heavy (non-hydrogen) atoms. The van der Waals surface area contributed by atoms with Crippen LogP contribution in [0.4, 0.5) is 0 Å². The molecule has 5 heteroatoms. The topological polar surface area (TPSA) is 35.5 Å². The van der Waals surface area contributed by atoms with Gasteiger partial charge in [-0.1, -0.05) is 36.7 Å². The molecule has 0 aromatic heterocycles. The maximum Gasteiger partial charge on any atom is 0.250 e. The second kappa shape index (κ2) is 4.95. The van der Waals surface area contributed by atoms with Crippen molar-refractivity contribution in [3.63, 3.8) is 0 Å². The molecule has 0 heterocycles. The van der Waals surface area contributed by atoms with Gasteiger partial charge in [0.25, 0.3) is 0 Å². The lowest BCUT2D eigenvalue weighted by Gasteiger charge is -2.50. The van der Waals surface area contributed by atoms with Crippen LogP contribution in [0.5, 0.6) is 0 Å². The standard InChI is InChI=1S/C15H25BrO3Si/c1-14(2,3)20(5,6)19-11-7-10-8-12(17)15(10,16)13(9-11)18-4/h9-10,13H,7-8H2,1-6H3/t10-,13-,15+/m0/s1. The van der Waals surface area contributed by atoms with Crippen LogP contribution >= 0.6 is 15.9 Å². The summed E-state index contributed by atoms with van der Waals surface area (Å²) in [5, 5.41) is 0.175. The Morgan fingerprint density at radius 3 is 2.40 bits per heavy atom. The number of ketones is 1. The van der Waals surface area contributed by atoms with Gasteiger partial charge in [-0.05, 0) is 30.1 Å². The minimum absolute atomic E-state index is 0.175. The quantitative estimate of drug-likeness (QED) is 0.562. The molecule has 114 valence electrons. The Kier molecular flexibility index (Phi) is 4.02. The molecule has 0 aromatic carbocycles. The highest BCUT2D eigenvalue weighted by molar-refractivity contribution is 9.10. The Balaban J connectivity index is 2.21. The molecule has 0 aliphatic heterocycles. The fourth-order valence-electron chi connectivity index (χ4n) is 2.63. The minimum atomic E-state index is -1.83. The van der Waals surface area contributed by atoms with Gasteiger partial charge in [-0.15, -0.1) is 0 Å². The molecule has 3 atom stereocenters. The largest absolute Gasteiger partial charge is 0.547 e. The first-order valence-corrected chi connectivity index (χ1v) is 10.9.